The van der Waals surface area contributed by atoms with Gasteiger partial charge in [0.1, 0.15) is 0 Å². The molecule has 0 amide bonds. The van der Waals surface area contributed by atoms with Crippen LogP contribution in [0.2, 0.25) is 0 Å². The number of carboxylic acids is 1. The summed E-state index contributed by atoms with van der Waals surface area (Å²) < 4.78 is 4.18. The van der Waals surface area contributed by atoms with E-state index in [9.17, 15) is 34.6 Å². The number of non-ortho nitro benzene ring substituents is 2. The lowest BCUT2D eigenvalue weighted by atomic mass is 10.2. The van der Waals surface area contributed by atoms with Gasteiger partial charge >= 0.3 is 17.9 Å². The highest BCUT2D eigenvalue weighted by molar-refractivity contribution is 6.02. The normalized spacial score (nSPS) is 10.2. The maximum atomic E-state index is 11.6. The molecule has 0 heterocycles. The predicted octanol–water partition coefficient (Wildman–Crippen LogP) is 0.827. The second-order valence-electron chi connectivity index (χ2n) is 3.63. The maximum Gasteiger partial charge on any atom is 0.346 e. The van der Waals surface area contributed by atoms with Crippen molar-refractivity contribution < 1.29 is 34.1 Å². The SMILES string of the molecule is O=C(O)C=CC(=O)OC(=O)c1cc([N+](=O)[O-])cc([N+](=O)[O-])c1. The standard InChI is InChI=1S/C11H6N2O9/c14-9(15)1-2-10(16)22-11(17)6-3-7(12(18)19)5-8(4-6)13(20)21/h1-5H,(H,14,15). The van der Waals surface area contributed by atoms with E-state index in [0.717, 1.165) is 0 Å². The molecule has 0 aromatic heterocycles. The first-order valence-corrected chi connectivity index (χ1v) is 5.31. The molecule has 114 valence electrons. The molecule has 0 aliphatic rings. The van der Waals surface area contributed by atoms with E-state index < -0.39 is 44.7 Å². The predicted molar refractivity (Wildman–Crippen MR) is 66.9 cm³/mol. The second kappa shape index (κ2) is 6.69. The first-order valence-electron chi connectivity index (χ1n) is 5.31. The van der Waals surface area contributed by atoms with Gasteiger partial charge in [-0.2, -0.15) is 0 Å². The van der Waals surface area contributed by atoms with E-state index in [1.807, 2.05) is 0 Å². The van der Waals surface area contributed by atoms with Gasteiger partial charge in [0.15, 0.2) is 0 Å². The van der Waals surface area contributed by atoms with Crippen LogP contribution in [0.4, 0.5) is 11.4 Å². The van der Waals surface area contributed by atoms with Crippen LogP contribution >= 0.6 is 0 Å². The van der Waals surface area contributed by atoms with Crippen LogP contribution in [0.25, 0.3) is 0 Å². The van der Waals surface area contributed by atoms with Crippen LogP contribution in [0, 0.1) is 20.2 Å². The van der Waals surface area contributed by atoms with Gasteiger partial charge < -0.3 is 9.84 Å². The number of rotatable bonds is 5. The van der Waals surface area contributed by atoms with Crippen molar-refractivity contribution in [2.45, 2.75) is 0 Å². The number of carbonyl (C=O) groups excluding carboxylic acids is 2. The number of nitrogens with zero attached hydrogens (tertiary/aromatic N) is 2. The van der Waals surface area contributed by atoms with Gasteiger partial charge in [-0.25, -0.2) is 14.4 Å². The molecule has 0 atom stereocenters. The highest BCUT2D eigenvalue weighted by Crippen LogP contribution is 2.23. The summed E-state index contributed by atoms with van der Waals surface area (Å²) in [6.45, 7) is 0. The van der Waals surface area contributed by atoms with Gasteiger partial charge in [0, 0.05) is 24.3 Å². The number of benzene rings is 1. The number of carbonyl (C=O) groups is 3. The summed E-state index contributed by atoms with van der Waals surface area (Å²) in [4.78, 5) is 52.2. The molecule has 1 aromatic rings. The summed E-state index contributed by atoms with van der Waals surface area (Å²) in [7, 11) is 0. The molecule has 0 unspecified atom stereocenters. The Hall–Kier alpha value is -3.63. The average Bonchev–Trinajstić information content (AvgIpc) is 2.44. The van der Waals surface area contributed by atoms with E-state index in [1.54, 1.807) is 0 Å². The van der Waals surface area contributed by atoms with Gasteiger partial charge in [-0.15, -0.1) is 0 Å². The molecule has 0 radical (unpaired) electrons. The second-order valence-corrected chi connectivity index (χ2v) is 3.63. The number of nitro benzene ring substituents is 2. The van der Waals surface area contributed by atoms with Crippen molar-refractivity contribution in [3.63, 3.8) is 0 Å². The molecule has 0 spiro atoms. The Balaban J connectivity index is 3.07. The van der Waals surface area contributed by atoms with Crippen LogP contribution in [0.3, 0.4) is 0 Å². The van der Waals surface area contributed by atoms with Crippen LogP contribution in [-0.4, -0.2) is 32.9 Å². The monoisotopic (exact) mass is 310 g/mol. The van der Waals surface area contributed by atoms with Crippen LogP contribution in [-0.2, 0) is 14.3 Å². The number of esters is 2. The van der Waals surface area contributed by atoms with E-state index in [0.29, 0.717) is 30.4 Å². The molecule has 0 saturated heterocycles. The van der Waals surface area contributed by atoms with Gasteiger partial charge in [-0.1, -0.05) is 0 Å². The Morgan fingerprint density at radius 1 is 1.00 bits per heavy atom. The number of ether oxygens (including phenoxy) is 1. The maximum absolute atomic E-state index is 11.6. The molecule has 0 aliphatic carbocycles. The third-order valence-corrected chi connectivity index (χ3v) is 2.12. The van der Waals surface area contributed by atoms with Crippen molar-refractivity contribution in [1.82, 2.24) is 0 Å². The molecule has 1 rings (SSSR count). The highest BCUT2D eigenvalue weighted by Gasteiger charge is 2.21. The van der Waals surface area contributed by atoms with E-state index in [2.05, 4.69) is 4.74 Å². The van der Waals surface area contributed by atoms with E-state index in [-0.39, 0.29) is 0 Å². The summed E-state index contributed by atoms with van der Waals surface area (Å²) in [5.41, 5.74) is -2.08. The van der Waals surface area contributed by atoms with Gasteiger partial charge in [0.05, 0.1) is 21.5 Å². The molecule has 0 fully saturated rings. The summed E-state index contributed by atoms with van der Waals surface area (Å²) in [5, 5.41) is 29.6. The zero-order valence-electron chi connectivity index (χ0n) is 10.5. The summed E-state index contributed by atoms with van der Waals surface area (Å²) in [6, 6.07) is 2.00. The van der Waals surface area contributed by atoms with Crippen LogP contribution in [0.15, 0.2) is 30.4 Å². The van der Waals surface area contributed by atoms with E-state index in [4.69, 9.17) is 5.11 Å². The molecule has 0 saturated carbocycles. The van der Waals surface area contributed by atoms with E-state index >= 15 is 0 Å². The van der Waals surface area contributed by atoms with Gasteiger partial charge in [-0.05, 0) is 0 Å². The zero-order valence-corrected chi connectivity index (χ0v) is 10.5. The fourth-order valence-corrected chi connectivity index (χ4v) is 1.25. The third-order valence-electron chi connectivity index (χ3n) is 2.12. The van der Waals surface area contributed by atoms with Gasteiger partial charge in [0.25, 0.3) is 11.4 Å². The highest BCUT2D eigenvalue weighted by atomic mass is 16.6. The minimum absolute atomic E-state index is 0.408. The lowest BCUT2D eigenvalue weighted by Gasteiger charge is -2.01. The lowest BCUT2D eigenvalue weighted by Crippen LogP contribution is -2.11. The zero-order chi connectivity index (χ0) is 16.9. The van der Waals surface area contributed by atoms with Crippen LogP contribution in [0.1, 0.15) is 10.4 Å². The number of aliphatic carboxylic acids is 1. The Kier molecular flexibility index (Phi) is 5.00. The van der Waals surface area contributed by atoms with Crippen molar-refractivity contribution in [3.05, 3.63) is 56.1 Å². The molecule has 22 heavy (non-hydrogen) atoms. The number of carboxylic acid groups (broad SMARTS) is 1. The Morgan fingerprint density at radius 3 is 1.91 bits per heavy atom. The fraction of sp³-hybridized carbons (Fsp3) is 0. The number of nitro groups is 2. The van der Waals surface area contributed by atoms with Crippen LogP contribution < -0.4 is 0 Å². The first kappa shape index (κ1) is 16.4. The summed E-state index contributed by atoms with van der Waals surface area (Å²) >= 11 is 0. The van der Waals surface area contributed by atoms with Crippen molar-refractivity contribution in [2.24, 2.45) is 0 Å². The smallest absolute Gasteiger partial charge is 0.346 e. The van der Waals surface area contributed by atoms with Crippen molar-refractivity contribution in [3.8, 4) is 0 Å². The minimum atomic E-state index is -1.46. The van der Waals surface area contributed by atoms with Crippen molar-refractivity contribution >= 4 is 29.3 Å². The molecule has 1 N–H and O–H groups in total. The molecule has 11 heteroatoms. The average molecular weight is 310 g/mol. The van der Waals surface area contributed by atoms with Crippen molar-refractivity contribution in [1.29, 1.82) is 0 Å². The summed E-state index contributed by atoms with van der Waals surface area (Å²) in [5.74, 6) is -4.20. The molecule has 1 aromatic carbocycles. The number of hydrogen-bond donors (Lipinski definition) is 1. The molecule has 0 aliphatic heterocycles. The molecule has 11 nitrogen and oxygen atoms in total. The Morgan fingerprint density at radius 2 is 1.50 bits per heavy atom. The van der Waals surface area contributed by atoms with Gasteiger partial charge in [-0.3, -0.25) is 20.2 Å². The summed E-state index contributed by atoms with van der Waals surface area (Å²) in [6.07, 6.45) is 0.845. The lowest BCUT2D eigenvalue weighted by molar-refractivity contribution is -0.394. The fourth-order valence-electron chi connectivity index (χ4n) is 1.25. The Bertz CT molecular complexity index is 675. The van der Waals surface area contributed by atoms with Gasteiger partial charge in [0.2, 0.25) is 0 Å². The largest absolute Gasteiger partial charge is 0.478 e. The first-order chi connectivity index (χ1) is 10.2. The molecular formula is C11H6N2O9. The topological polar surface area (TPSA) is 167 Å². The molecule has 0 bridgehead atoms. The number of hydrogen-bond acceptors (Lipinski definition) is 8. The molecular weight excluding hydrogens is 304 g/mol. The third kappa shape index (κ3) is 4.48. The van der Waals surface area contributed by atoms with Crippen molar-refractivity contribution in [2.75, 3.05) is 0 Å². The van der Waals surface area contributed by atoms with Crippen LogP contribution in [0.5, 0.6) is 0 Å². The Labute approximate surface area is 120 Å². The minimum Gasteiger partial charge on any atom is -0.478 e. The quantitative estimate of drug-likeness (QED) is 0.272. The van der Waals surface area contributed by atoms with E-state index in [1.165, 1.54) is 0 Å².